The van der Waals surface area contributed by atoms with Gasteiger partial charge >= 0.3 is 30.1 Å². The van der Waals surface area contributed by atoms with Crippen molar-refractivity contribution in [3.8, 4) is 0 Å². The van der Waals surface area contributed by atoms with Gasteiger partial charge in [-0.3, -0.25) is 30.2 Å². The van der Waals surface area contributed by atoms with Gasteiger partial charge in [-0.15, -0.1) is 0 Å². The van der Waals surface area contributed by atoms with Crippen LogP contribution >= 0.6 is 0 Å². The molecule has 2 aliphatic carbocycles. The van der Waals surface area contributed by atoms with Crippen molar-refractivity contribution in [2.45, 2.75) is 132 Å². The summed E-state index contributed by atoms with van der Waals surface area (Å²) in [6.45, 7) is 26.4. The number of aliphatic hydroxyl groups is 1. The van der Waals surface area contributed by atoms with Gasteiger partial charge in [0.2, 0.25) is 18.0 Å². The van der Waals surface area contributed by atoms with Crippen molar-refractivity contribution in [1.29, 1.82) is 0 Å². The molecule has 2 saturated carbocycles. The smallest absolute Gasteiger partial charge is 0.407 e. The first-order valence-corrected chi connectivity index (χ1v) is 22.1. The molecule has 4 rings (SSSR count). The highest BCUT2D eigenvalue weighted by Crippen LogP contribution is 2.47. The standard InChI is InChI=1S/C23H35N5O6.C17H25N5O3.C6H10O3/c1-7-18(30)33-11-15(3)34-21(32)26-16-9-22(4,5)12-23(6,10-16)13-24-20(31)28-19-25-14(2)8-17(29)27-19;1-11-5-13(24)21-14(20-11)22-15(25)18-9-17(4)7-12(19-10-23)6-16(2,3)8-17;1-3-6(8)9-4-5(2)7/h7-8,15-16H,1,9-13H2,2-6H3,(H,26,32)(H3,24,25,27,28,29,31);5,12H,6-9H2,1-4H3,(H3,18,20,21,22,24,25);3,5,7H,1,4H2,2H3. The number of carbonyl (C=O) groups excluding carboxylic acids is 6. The van der Waals surface area contributed by atoms with Crippen LogP contribution < -0.4 is 37.7 Å². The number of nitrogens with zero attached hydrogens (tertiary/aromatic N) is 3. The molecule has 0 bridgehead atoms. The molecule has 0 saturated heterocycles. The number of urea groups is 2. The molecule has 2 aromatic rings. The van der Waals surface area contributed by atoms with Gasteiger partial charge in [-0.1, -0.05) is 54.7 Å². The summed E-state index contributed by atoms with van der Waals surface area (Å²) >= 11 is 0. The van der Waals surface area contributed by atoms with Gasteiger partial charge in [-0.2, -0.15) is 0 Å². The second kappa shape index (κ2) is 26.0. The van der Waals surface area contributed by atoms with Gasteiger partial charge < -0.3 is 35.3 Å². The van der Waals surface area contributed by atoms with E-state index >= 15 is 0 Å². The van der Waals surface area contributed by atoms with Crippen molar-refractivity contribution in [2.75, 3.05) is 36.9 Å². The number of nitrogens with one attached hydrogen (secondary N) is 7. The Labute approximate surface area is 396 Å². The number of isocyanates is 1. The Morgan fingerprint density at radius 3 is 1.69 bits per heavy atom. The fraction of sp³-hybridized carbons (Fsp3) is 0.609. The number of anilines is 2. The number of H-pyrrole nitrogens is 2. The van der Waals surface area contributed by atoms with Gasteiger partial charge in [-0.05, 0) is 87.9 Å². The third kappa shape index (κ3) is 22.7. The van der Waals surface area contributed by atoms with E-state index in [1.807, 2.05) is 0 Å². The summed E-state index contributed by atoms with van der Waals surface area (Å²) in [5.74, 6) is -0.899. The molecule has 2 heterocycles. The third-order valence-corrected chi connectivity index (χ3v) is 10.5. The summed E-state index contributed by atoms with van der Waals surface area (Å²) in [4.78, 5) is 109. The van der Waals surface area contributed by atoms with Crippen molar-refractivity contribution in [2.24, 2.45) is 26.7 Å². The molecule has 6 atom stereocenters. The Kier molecular flexibility index (Phi) is 22.0. The molecule has 2 fully saturated rings. The molecule has 0 radical (unpaired) electrons. The lowest BCUT2D eigenvalue weighted by Crippen LogP contribution is -2.51. The highest BCUT2D eigenvalue weighted by Gasteiger charge is 2.43. The van der Waals surface area contributed by atoms with Crippen molar-refractivity contribution >= 4 is 48.1 Å². The van der Waals surface area contributed by atoms with Gasteiger partial charge in [-0.25, -0.2) is 43.7 Å². The van der Waals surface area contributed by atoms with E-state index < -0.39 is 42.3 Å². The van der Waals surface area contributed by atoms with Crippen LogP contribution in [0.25, 0.3) is 0 Å². The lowest BCUT2D eigenvalue weighted by Gasteiger charge is -2.46. The zero-order chi connectivity index (χ0) is 51.5. The maximum absolute atomic E-state index is 12.4. The number of amides is 5. The highest BCUT2D eigenvalue weighted by molar-refractivity contribution is 5.87. The first kappa shape index (κ1) is 57.5. The van der Waals surface area contributed by atoms with Crippen LogP contribution in [-0.2, 0) is 28.6 Å². The summed E-state index contributed by atoms with van der Waals surface area (Å²) in [7, 11) is 0. The molecule has 2 aromatic heterocycles. The Morgan fingerprint density at radius 2 is 1.25 bits per heavy atom. The van der Waals surface area contributed by atoms with E-state index in [1.165, 1.54) is 19.1 Å². The average Bonchev–Trinajstić information content (AvgIpc) is 3.18. The van der Waals surface area contributed by atoms with E-state index in [9.17, 15) is 38.4 Å². The normalized spacial score (nSPS) is 21.8. The second-order valence-electron chi connectivity index (χ2n) is 19.7. The van der Waals surface area contributed by atoms with Gasteiger partial charge in [0.1, 0.15) is 19.3 Å². The number of aromatic nitrogens is 4. The maximum atomic E-state index is 12.4. The zero-order valence-electron chi connectivity index (χ0n) is 40.9. The van der Waals surface area contributed by atoms with Crippen LogP contribution in [0.15, 0.2) is 52.0 Å². The molecule has 8 N–H and O–H groups in total. The molecule has 0 aliphatic heterocycles. The number of hydrogen-bond acceptors (Lipinski definition) is 15. The SMILES string of the molecule is C=CC(=O)OCC(C)O.C=CC(=O)OCC(C)OC(=O)NC1CC(C)(C)CC(C)(CNC(=O)Nc2nc(C)cc(=O)[nH]2)C1.Cc1cc(=O)[nH]c(NC(=O)NCC2(C)CC(N=C=O)CC(C)(C)C2)n1. The Balaban J connectivity index is 0.000000407. The van der Waals surface area contributed by atoms with Gasteiger partial charge in [0, 0.05) is 54.8 Å². The number of carbonyl (C=O) groups is 5. The minimum absolute atomic E-state index is 0.0273. The summed E-state index contributed by atoms with van der Waals surface area (Å²) in [6, 6.07) is 1.52. The van der Waals surface area contributed by atoms with E-state index in [0.29, 0.717) is 37.3 Å². The topological polar surface area (TPSA) is 314 Å². The van der Waals surface area contributed by atoms with E-state index in [1.54, 1.807) is 26.9 Å². The second-order valence-corrected chi connectivity index (χ2v) is 19.7. The molecule has 22 heteroatoms. The quantitative estimate of drug-likeness (QED) is 0.0389. The molecular weight excluding hydrogens is 885 g/mol. The Bertz CT molecular complexity index is 2250. The van der Waals surface area contributed by atoms with E-state index in [4.69, 9.17) is 14.6 Å². The van der Waals surface area contributed by atoms with Crippen LogP contribution in [0.5, 0.6) is 0 Å². The Morgan fingerprint density at radius 1 is 0.794 bits per heavy atom. The largest absolute Gasteiger partial charge is 0.460 e. The minimum Gasteiger partial charge on any atom is -0.460 e. The van der Waals surface area contributed by atoms with Crippen LogP contribution in [0.3, 0.4) is 0 Å². The summed E-state index contributed by atoms with van der Waals surface area (Å²) in [6.07, 6.45) is 6.62. The lowest BCUT2D eigenvalue weighted by atomic mass is 9.62. The van der Waals surface area contributed by atoms with Gasteiger partial charge in [0.05, 0.1) is 12.1 Å². The summed E-state index contributed by atoms with van der Waals surface area (Å²) in [5, 5.41) is 22.2. The first-order valence-electron chi connectivity index (χ1n) is 22.1. The monoisotopic (exact) mass is 955 g/mol. The summed E-state index contributed by atoms with van der Waals surface area (Å²) < 4.78 is 14.6. The third-order valence-electron chi connectivity index (χ3n) is 10.5. The van der Waals surface area contributed by atoms with Gasteiger partial charge in [0.15, 0.2) is 0 Å². The number of aliphatic imine (C=N–C) groups is 1. The predicted molar refractivity (Wildman–Crippen MR) is 253 cm³/mol. The Hall–Kier alpha value is -6.67. The number of hydrogen-bond donors (Lipinski definition) is 8. The van der Waals surface area contributed by atoms with Crippen LogP contribution in [0.4, 0.5) is 26.3 Å². The maximum Gasteiger partial charge on any atom is 0.407 e. The molecule has 6 unspecified atom stereocenters. The number of aryl methyl sites for hydroxylation is 2. The van der Waals surface area contributed by atoms with Crippen LogP contribution in [0.2, 0.25) is 0 Å². The number of esters is 2. The molecule has 68 heavy (non-hydrogen) atoms. The highest BCUT2D eigenvalue weighted by atomic mass is 16.6. The van der Waals surface area contributed by atoms with E-state index in [2.05, 4.69) is 111 Å². The number of ether oxygens (including phenoxy) is 3. The van der Waals surface area contributed by atoms with Crippen LogP contribution in [0, 0.1) is 35.5 Å². The van der Waals surface area contributed by atoms with Crippen LogP contribution in [0.1, 0.15) is 105 Å². The van der Waals surface area contributed by atoms with Crippen molar-refractivity contribution in [1.82, 2.24) is 35.9 Å². The number of alkyl carbamates (subject to hydrolysis) is 1. The van der Waals surface area contributed by atoms with Crippen LogP contribution in [-0.4, -0.2) is 112 Å². The average molecular weight is 955 g/mol. The van der Waals surface area contributed by atoms with E-state index in [-0.39, 0.29) is 70.0 Å². The van der Waals surface area contributed by atoms with Crippen molar-refractivity contribution in [3.63, 3.8) is 0 Å². The number of aromatic amines is 2. The number of aliphatic hydroxyl groups excluding tert-OH is 1. The fourth-order valence-corrected chi connectivity index (χ4v) is 8.85. The van der Waals surface area contributed by atoms with Crippen molar-refractivity contribution in [3.05, 3.63) is 69.5 Å². The fourth-order valence-electron chi connectivity index (χ4n) is 8.85. The van der Waals surface area contributed by atoms with Crippen molar-refractivity contribution < 1.29 is 48.1 Å². The summed E-state index contributed by atoms with van der Waals surface area (Å²) in [5.41, 5.74) is -0.190. The molecule has 5 amide bonds. The molecular formula is C46H70N10O12. The zero-order valence-corrected chi connectivity index (χ0v) is 40.9. The number of rotatable bonds is 15. The molecule has 0 spiro atoms. The van der Waals surface area contributed by atoms with E-state index in [0.717, 1.165) is 37.8 Å². The molecule has 376 valence electrons. The first-order chi connectivity index (χ1) is 31.6. The van der Waals surface area contributed by atoms with Gasteiger partial charge in [0.25, 0.3) is 11.1 Å². The molecule has 22 nitrogen and oxygen atoms in total. The predicted octanol–water partition coefficient (Wildman–Crippen LogP) is 4.85. The molecule has 2 aliphatic rings. The molecule has 0 aromatic carbocycles. The lowest BCUT2D eigenvalue weighted by molar-refractivity contribution is -0.141. The minimum atomic E-state index is -0.612.